The predicted molar refractivity (Wildman–Crippen MR) is 129 cm³/mol. The summed E-state index contributed by atoms with van der Waals surface area (Å²) in [6.07, 6.45) is -0.0173. The molecule has 0 fully saturated rings. The van der Waals surface area contributed by atoms with Gasteiger partial charge < -0.3 is 10.2 Å². The molecular weight excluding hydrogens is 460 g/mol. The molecule has 2 aromatic carbocycles. The van der Waals surface area contributed by atoms with Crippen LogP contribution in [-0.2, 0) is 0 Å². The van der Waals surface area contributed by atoms with E-state index in [1.54, 1.807) is 24.3 Å². The number of aliphatic hydroxyl groups is 1. The highest BCUT2D eigenvalue weighted by Crippen LogP contribution is 2.40. The van der Waals surface area contributed by atoms with Crippen molar-refractivity contribution in [3.8, 4) is 22.6 Å². The van der Waals surface area contributed by atoms with Crippen LogP contribution in [0.25, 0.3) is 22.4 Å². The highest BCUT2D eigenvalue weighted by atomic mass is 19.4. The molecule has 1 aliphatic carbocycles. The minimum Gasteiger partial charge on any atom is -0.507 e. The van der Waals surface area contributed by atoms with Crippen LogP contribution >= 0.6 is 0 Å². The number of aliphatic hydroxyl groups excluding tert-OH is 1. The van der Waals surface area contributed by atoms with Gasteiger partial charge >= 0.3 is 6.18 Å². The number of phenols is 1. The third-order valence-electron chi connectivity index (χ3n) is 5.49. The lowest BCUT2D eigenvalue weighted by Gasteiger charge is -2.17. The average molecular weight is 489 g/mol. The standard InChI is InChI=1S/C25H22F4N2O2.C2H6/c1-15(32)22-14-31(24(30-22)19-8-3-2-4-9-21(19)25(27,28)29)18-7-5-6-16(12-18)20-13-17(26)10-11-23(20)33;1-2/h5-15,32-33H,2-4H2,1H3;1-2H3. The lowest BCUT2D eigenvalue weighted by atomic mass is 10.0. The summed E-state index contributed by atoms with van der Waals surface area (Å²) in [6, 6.07) is 10.2. The number of hydrogen-bond acceptors (Lipinski definition) is 3. The molecule has 1 unspecified atom stereocenters. The van der Waals surface area contributed by atoms with Gasteiger partial charge in [-0.15, -0.1) is 0 Å². The Balaban J connectivity index is 0.00000167. The molecule has 0 bridgehead atoms. The van der Waals surface area contributed by atoms with Crippen LogP contribution < -0.4 is 0 Å². The number of aromatic hydroxyl groups is 1. The maximum Gasteiger partial charge on any atom is 0.416 e. The number of imidazole rings is 1. The Morgan fingerprint density at radius 2 is 1.74 bits per heavy atom. The van der Waals surface area contributed by atoms with E-state index >= 15 is 0 Å². The molecule has 186 valence electrons. The lowest BCUT2D eigenvalue weighted by Crippen LogP contribution is -2.15. The first-order valence-corrected chi connectivity index (χ1v) is 11.5. The SMILES string of the molecule is CC.CC(O)c1cn(-c2cccc(-c3cc(F)ccc3O)c2)c(C2=CCCCC=C2C(F)(F)F)n1. The summed E-state index contributed by atoms with van der Waals surface area (Å²) < 4.78 is 56.9. The molecule has 0 spiro atoms. The Kier molecular flexibility index (Phi) is 8.17. The van der Waals surface area contributed by atoms with Crippen LogP contribution in [-0.4, -0.2) is 25.9 Å². The van der Waals surface area contributed by atoms with Gasteiger partial charge in [-0.2, -0.15) is 13.2 Å². The van der Waals surface area contributed by atoms with E-state index in [1.807, 2.05) is 13.8 Å². The number of benzene rings is 2. The number of alkyl halides is 3. The van der Waals surface area contributed by atoms with Gasteiger partial charge in [-0.25, -0.2) is 9.37 Å². The molecule has 3 aromatic rings. The fraction of sp³-hybridized carbons (Fsp3) is 0.296. The summed E-state index contributed by atoms with van der Waals surface area (Å²) in [5, 5.41) is 20.3. The Bertz CT molecular complexity index is 1240. The van der Waals surface area contributed by atoms with Gasteiger partial charge in [0.05, 0.1) is 17.4 Å². The summed E-state index contributed by atoms with van der Waals surface area (Å²) >= 11 is 0. The van der Waals surface area contributed by atoms with E-state index in [9.17, 15) is 27.8 Å². The quantitative estimate of drug-likeness (QED) is 0.374. The molecule has 0 saturated heterocycles. The van der Waals surface area contributed by atoms with Crippen molar-refractivity contribution in [2.24, 2.45) is 0 Å². The number of phenolic OH excluding ortho intramolecular Hbond substituents is 1. The minimum atomic E-state index is -4.56. The number of aromatic nitrogens is 2. The summed E-state index contributed by atoms with van der Waals surface area (Å²) in [4.78, 5) is 4.34. The second kappa shape index (κ2) is 10.9. The zero-order valence-corrected chi connectivity index (χ0v) is 19.8. The largest absolute Gasteiger partial charge is 0.507 e. The van der Waals surface area contributed by atoms with Crippen molar-refractivity contribution in [3.05, 3.63) is 83.7 Å². The molecule has 8 heteroatoms. The van der Waals surface area contributed by atoms with Gasteiger partial charge in [0.15, 0.2) is 0 Å². The van der Waals surface area contributed by atoms with Crippen LogP contribution in [0.1, 0.15) is 57.7 Å². The van der Waals surface area contributed by atoms with Crippen LogP contribution in [0.15, 0.2) is 66.4 Å². The van der Waals surface area contributed by atoms with Crippen molar-refractivity contribution in [3.63, 3.8) is 0 Å². The van der Waals surface area contributed by atoms with Crippen molar-refractivity contribution in [2.45, 2.75) is 52.3 Å². The highest BCUT2D eigenvalue weighted by Gasteiger charge is 2.38. The zero-order chi connectivity index (χ0) is 25.8. The Morgan fingerprint density at radius 3 is 2.43 bits per heavy atom. The Hall–Kier alpha value is -3.39. The molecule has 4 rings (SSSR count). The van der Waals surface area contributed by atoms with Crippen LogP contribution in [0.5, 0.6) is 5.75 Å². The zero-order valence-electron chi connectivity index (χ0n) is 19.8. The first-order chi connectivity index (χ1) is 16.6. The fourth-order valence-electron chi connectivity index (χ4n) is 3.86. The van der Waals surface area contributed by atoms with Gasteiger partial charge in [-0.05, 0) is 62.1 Å². The van der Waals surface area contributed by atoms with Crippen molar-refractivity contribution >= 4 is 5.57 Å². The van der Waals surface area contributed by atoms with Crippen molar-refractivity contribution in [1.82, 2.24) is 9.55 Å². The van der Waals surface area contributed by atoms with Crippen molar-refractivity contribution < 1.29 is 27.8 Å². The second-order valence-corrected chi connectivity index (χ2v) is 7.91. The molecule has 1 heterocycles. The van der Waals surface area contributed by atoms with E-state index in [-0.39, 0.29) is 28.4 Å². The van der Waals surface area contributed by atoms with E-state index in [2.05, 4.69) is 4.98 Å². The molecule has 0 amide bonds. The van der Waals surface area contributed by atoms with Gasteiger partial charge in [0.2, 0.25) is 0 Å². The van der Waals surface area contributed by atoms with E-state index < -0.39 is 23.7 Å². The average Bonchev–Trinajstić information content (AvgIpc) is 3.12. The maximum atomic E-state index is 13.9. The molecule has 0 aliphatic heterocycles. The molecule has 4 nitrogen and oxygen atoms in total. The third-order valence-corrected chi connectivity index (χ3v) is 5.49. The first-order valence-electron chi connectivity index (χ1n) is 11.5. The topological polar surface area (TPSA) is 58.3 Å². The number of nitrogens with zero attached hydrogens (tertiary/aromatic N) is 2. The van der Waals surface area contributed by atoms with Gasteiger partial charge in [0.1, 0.15) is 17.4 Å². The third kappa shape index (κ3) is 5.82. The molecule has 1 atom stereocenters. The summed E-state index contributed by atoms with van der Waals surface area (Å²) in [5.41, 5.74) is 0.588. The summed E-state index contributed by atoms with van der Waals surface area (Å²) in [7, 11) is 0. The molecular formula is C27H28F4N2O2. The monoisotopic (exact) mass is 488 g/mol. The minimum absolute atomic E-state index is 0.0501. The number of hydrogen-bond donors (Lipinski definition) is 2. The predicted octanol–water partition coefficient (Wildman–Crippen LogP) is 7.52. The number of rotatable bonds is 4. The van der Waals surface area contributed by atoms with Gasteiger partial charge in [0, 0.05) is 23.0 Å². The summed E-state index contributed by atoms with van der Waals surface area (Å²) in [5.74, 6) is -0.605. The van der Waals surface area contributed by atoms with Crippen LogP contribution in [0.2, 0.25) is 0 Å². The smallest absolute Gasteiger partial charge is 0.416 e. The lowest BCUT2D eigenvalue weighted by molar-refractivity contribution is -0.0873. The van der Waals surface area contributed by atoms with Crippen molar-refractivity contribution in [2.75, 3.05) is 0 Å². The van der Waals surface area contributed by atoms with Crippen molar-refractivity contribution in [1.29, 1.82) is 0 Å². The van der Waals surface area contributed by atoms with Gasteiger partial charge in [-0.1, -0.05) is 38.1 Å². The fourth-order valence-corrected chi connectivity index (χ4v) is 3.86. The Morgan fingerprint density at radius 1 is 1.03 bits per heavy atom. The molecule has 0 radical (unpaired) electrons. The molecule has 0 saturated carbocycles. The van der Waals surface area contributed by atoms with E-state index in [4.69, 9.17) is 0 Å². The van der Waals surface area contributed by atoms with Crippen LogP contribution in [0.3, 0.4) is 0 Å². The van der Waals surface area contributed by atoms with E-state index in [1.165, 1.54) is 42.0 Å². The van der Waals surface area contributed by atoms with E-state index in [0.29, 0.717) is 30.5 Å². The Labute approximate surface area is 201 Å². The highest BCUT2D eigenvalue weighted by molar-refractivity contribution is 5.79. The maximum absolute atomic E-state index is 13.9. The normalized spacial score (nSPS) is 14.9. The van der Waals surface area contributed by atoms with Crippen LogP contribution in [0.4, 0.5) is 17.6 Å². The first kappa shape index (κ1) is 26.2. The second-order valence-electron chi connectivity index (χ2n) is 7.91. The molecule has 35 heavy (non-hydrogen) atoms. The summed E-state index contributed by atoms with van der Waals surface area (Å²) in [6.45, 7) is 5.49. The van der Waals surface area contributed by atoms with E-state index in [0.717, 1.165) is 6.07 Å². The number of halogens is 4. The molecule has 1 aliphatic rings. The number of allylic oxidation sites excluding steroid dienone is 4. The van der Waals surface area contributed by atoms with Gasteiger partial charge in [-0.3, -0.25) is 4.57 Å². The van der Waals surface area contributed by atoms with Crippen LogP contribution in [0, 0.1) is 5.82 Å². The molecule has 1 aromatic heterocycles. The molecule has 2 N–H and O–H groups in total. The van der Waals surface area contributed by atoms with Gasteiger partial charge in [0.25, 0.3) is 0 Å².